The van der Waals surface area contributed by atoms with Gasteiger partial charge in [-0.2, -0.15) is 0 Å². The van der Waals surface area contributed by atoms with Crippen LogP contribution in [0, 0.1) is 17.3 Å². The first kappa shape index (κ1) is 11.9. The number of hydrogen-bond acceptors (Lipinski definition) is 1. The summed E-state index contributed by atoms with van der Waals surface area (Å²) in [6, 6.07) is 0. The summed E-state index contributed by atoms with van der Waals surface area (Å²) >= 11 is 0. The molecule has 1 nitrogen and oxygen atoms in total. The van der Waals surface area contributed by atoms with Crippen molar-refractivity contribution in [2.24, 2.45) is 17.3 Å². The van der Waals surface area contributed by atoms with Gasteiger partial charge in [-0.3, -0.25) is 0 Å². The lowest BCUT2D eigenvalue weighted by molar-refractivity contribution is 0.111. The highest BCUT2D eigenvalue weighted by molar-refractivity contribution is 5.23. The molecule has 0 bridgehead atoms. The van der Waals surface area contributed by atoms with Crippen LogP contribution in [0.15, 0.2) is 23.8 Å². The van der Waals surface area contributed by atoms with Gasteiger partial charge in [0, 0.05) is 0 Å². The first-order valence-electron chi connectivity index (χ1n) is 6.48. The zero-order chi connectivity index (χ0) is 11.9. The molecule has 1 saturated carbocycles. The van der Waals surface area contributed by atoms with Crippen molar-refractivity contribution in [3.8, 4) is 0 Å². The maximum absolute atomic E-state index is 9.77. The van der Waals surface area contributed by atoms with Crippen molar-refractivity contribution in [3.63, 3.8) is 0 Å². The quantitative estimate of drug-likeness (QED) is 0.668. The number of hydrogen-bond donors (Lipinski definition) is 1. The molecule has 0 aromatic carbocycles. The van der Waals surface area contributed by atoms with Gasteiger partial charge in [0.1, 0.15) is 0 Å². The van der Waals surface area contributed by atoms with E-state index in [1.807, 2.05) is 0 Å². The van der Waals surface area contributed by atoms with Crippen LogP contribution in [0.3, 0.4) is 0 Å². The van der Waals surface area contributed by atoms with E-state index in [0.717, 1.165) is 6.42 Å². The maximum atomic E-state index is 9.77. The molecule has 0 aromatic rings. The summed E-state index contributed by atoms with van der Waals surface area (Å²) in [7, 11) is 0. The molecule has 1 N–H and O–H groups in total. The molecule has 0 heterocycles. The second-order valence-corrected chi connectivity index (χ2v) is 6.00. The molecule has 1 spiro atoms. The molecular formula is C15H24O. The molecule has 1 fully saturated rings. The Balaban J connectivity index is 2.25. The van der Waals surface area contributed by atoms with E-state index in [1.165, 1.54) is 30.4 Å². The van der Waals surface area contributed by atoms with Crippen molar-refractivity contribution < 1.29 is 5.11 Å². The third-order valence-electron chi connectivity index (χ3n) is 5.01. The van der Waals surface area contributed by atoms with Gasteiger partial charge >= 0.3 is 0 Å². The lowest BCUT2D eigenvalue weighted by Crippen LogP contribution is -2.34. The Bertz CT molecular complexity index is 328. The molecule has 2 aliphatic rings. The van der Waals surface area contributed by atoms with Crippen LogP contribution < -0.4 is 0 Å². The van der Waals surface area contributed by atoms with Crippen LogP contribution in [0.5, 0.6) is 0 Å². The van der Waals surface area contributed by atoms with Gasteiger partial charge in [0.25, 0.3) is 0 Å². The summed E-state index contributed by atoms with van der Waals surface area (Å²) in [6.07, 6.45) is 6.60. The molecule has 1 heteroatoms. The number of aliphatic hydroxyl groups is 1. The highest BCUT2D eigenvalue weighted by Gasteiger charge is 2.46. The average molecular weight is 220 g/mol. The largest absolute Gasteiger partial charge is 0.389 e. The molecule has 2 rings (SSSR count). The van der Waals surface area contributed by atoms with Gasteiger partial charge in [0.05, 0.1) is 6.10 Å². The summed E-state index contributed by atoms with van der Waals surface area (Å²) in [5, 5.41) is 9.77. The summed E-state index contributed by atoms with van der Waals surface area (Å²) in [5.41, 5.74) is 3.12. The number of aliphatic hydroxyl groups excluding tert-OH is 1. The van der Waals surface area contributed by atoms with Gasteiger partial charge in [0.15, 0.2) is 0 Å². The molecule has 0 unspecified atom stereocenters. The SMILES string of the molecule is C=C(C)[C@@H]1CC[C@@]2(C1)C(C)=C[C@@H](O)C[C@H]2C. The minimum atomic E-state index is -0.218. The fourth-order valence-corrected chi connectivity index (χ4v) is 3.80. The van der Waals surface area contributed by atoms with E-state index in [2.05, 4.69) is 33.4 Å². The highest BCUT2D eigenvalue weighted by atomic mass is 16.3. The van der Waals surface area contributed by atoms with Crippen LogP contribution in [-0.2, 0) is 0 Å². The molecule has 0 saturated heterocycles. The molecule has 0 aromatic heterocycles. The summed E-state index contributed by atoms with van der Waals surface area (Å²) in [6.45, 7) is 10.8. The first-order valence-corrected chi connectivity index (χ1v) is 6.48. The second kappa shape index (κ2) is 4.03. The zero-order valence-electron chi connectivity index (χ0n) is 10.8. The Kier molecular flexibility index (Phi) is 3.00. The van der Waals surface area contributed by atoms with Crippen molar-refractivity contribution >= 4 is 0 Å². The lowest BCUT2D eigenvalue weighted by Gasteiger charge is -2.42. The molecule has 90 valence electrons. The van der Waals surface area contributed by atoms with E-state index >= 15 is 0 Å². The Morgan fingerprint density at radius 2 is 2.25 bits per heavy atom. The Hall–Kier alpha value is -0.560. The topological polar surface area (TPSA) is 20.2 Å². The Morgan fingerprint density at radius 3 is 2.75 bits per heavy atom. The third-order valence-corrected chi connectivity index (χ3v) is 5.01. The van der Waals surface area contributed by atoms with Crippen LogP contribution in [0.25, 0.3) is 0 Å². The van der Waals surface area contributed by atoms with E-state index in [9.17, 15) is 5.11 Å². The number of rotatable bonds is 1. The normalized spacial score (nSPS) is 43.5. The summed E-state index contributed by atoms with van der Waals surface area (Å²) in [5.74, 6) is 1.30. The average Bonchev–Trinajstić information content (AvgIpc) is 2.60. The molecule has 2 aliphatic carbocycles. The van der Waals surface area contributed by atoms with Crippen LogP contribution in [-0.4, -0.2) is 11.2 Å². The van der Waals surface area contributed by atoms with Gasteiger partial charge in [-0.15, -0.1) is 0 Å². The van der Waals surface area contributed by atoms with E-state index in [0.29, 0.717) is 17.3 Å². The van der Waals surface area contributed by atoms with Gasteiger partial charge < -0.3 is 5.11 Å². The molecular weight excluding hydrogens is 196 g/mol. The summed E-state index contributed by atoms with van der Waals surface area (Å²) in [4.78, 5) is 0. The van der Waals surface area contributed by atoms with Gasteiger partial charge in [-0.05, 0) is 56.8 Å². The predicted molar refractivity (Wildman–Crippen MR) is 68.1 cm³/mol. The van der Waals surface area contributed by atoms with Crippen LogP contribution in [0.4, 0.5) is 0 Å². The molecule has 0 amide bonds. The van der Waals surface area contributed by atoms with E-state index in [-0.39, 0.29) is 6.10 Å². The fourth-order valence-electron chi connectivity index (χ4n) is 3.80. The Morgan fingerprint density at radius 1 is 1.56 bits per heavy atom. The zero-order valence-corrected chi connectivity index (χ0v) is 10.8. The van der Waals surface area contributed by atoms with Crippen molar-refractivity contribution in [1.29, 1.82) is 0 Å². The van der Waals surface area contributed by atoms with Gasteiger partial charge in [-0.25, -0.2) is 0 Å². The summed E-state index contributed by atoms with van der Waals surface area (Å²) < 4.78 is 0. The second-order valence-electron chi connectivity index (χ2n) is 6.00. The van der Waals surface area contributed by atoms with Crippen molar-refractivity contribution in [2.45, 2.75) is 52.6 Å². The van der Waals surface area contributed by atoms with E-state index in [1.54, 1.807) is 0 Å². The molecule has 16 heavy (non-hydrogen) atoms. The smallest absolute Gasteiger partial charge is 0.0726 e. The van der Waals surface area contributed by atoms with Crippen LogP contribution in [0.1, 0.15) is 46.5 Å². The van der Waals surface area contributed by atoms with Crippen molar-refractivity contribution in [2.75, 3.05) is 0 Å². The van der Waals surface area contributed by atoms with Crippen molar-refractivity contribution in [3.05, 3.63) is 23.8 Å². The predicted octanol–water partition coefficient (Wildman–Crippen LogP) is 3.70. The standard InChI is InChI=1S/C15H24O/c1-10(2)13-5-6-15(9-13)11(3)7-14(16)8-12(15)4/h7,12-14,16H,1,5-6,8-9H2,2-4H3/t12-,13-,14-,15-/m1/s1. The maximum Gasteiger partial charge on any atom is 0.0726 e. The fraction of sp³-hybridized carbons (Fsp3) is 0.733. The van der Waals surface area contributed by atoms with Crippen LogP contribution >= 0.6 is 0 Å². The van der Waals surface area contributed by atoms with E-state index < -0.39 is 0 Å². The van der Waals surface area contributed by atoms with E-state index in [4.69, 9.17) is 0 Å². The minimum absolute atomic E-state index is 0.218. The van der Waals surface area contributed by atoms with Gasteiger partial charge in [-0.1, -0.05) is 30.7 Å². The van der Waals surface area contributed by atoms with Crippen LogP contribution in [0.2, 0.25) is 0 Å². The number of allylic oxidation sites excluding steroid dienone is 2. The molecule has 0 radical (unpaired) electrons. The molecule has 4 atom stereocenters. The lowest BCUT2D eigenvalue weighted by atomic mass is 9.64. The third kappa shape index (κ3) is 1.75. The van der Waals surface area contributed by atoms with Crippen molar-refractivity contribution in [1.82, 2.24) is 0 Å². The Labute approximate surface area is 99.3 Å². The van der Waals surface area contributed by atoms with Gasteiger partial charge in [0.2, 0.25) is 0 Å². The minimum Gasteiger partial charge on any atom is -0.389 e. The highest BCUT2D eigenvalue weighted by Crippen LogP contribution is 2.56. The first-order chi connectivity index (χ1) is 7.45. The monoisotopic (exact) mass is 220 g/mol. The molecule has 0 aliphatic heterocycles.